The Kier molecular flexibility index (Phi) is 23.2. The van der Waals surface area contributed by atoms with Crippen molar-refractivity contribution in [2.75, 3.05) is 13.2 Å². The lowest BCUT2D eigenvalue weighted by molar-refractivity contribution is 0.271. The van der Waals surface area contributed by atoms with Gasteiger partial charge in [0, 0.05) is 6.54 Å². The lowest BCUT2D eigenvalue weighted by atomic mass is 10.1. The largest absolute Gasteiger partial charge is 0.327 e. The van der Waals surface area contributed by atoms with Crippen molar-refractivity contribution in [3.8, 4) is 0 Å². The SMILES string of the molecule is C=CCN.CCCCCCCCCCCOS(=O)(=O)C(F)CCCCCC. The quantitative estimate of drug-likeness (QED) is 0.165. The number of unbranched alkanes of at least 4 members (excludes halogenated alkanes) is 11. The summed E-state index contributed by atoms with van der Waals surface area (Å²) in [7, 11) is -4.02. The molecule has 0 aliphatic rings. The first kappa shape index (κ1) is 28.7. The molecular weight excluding hydrogens is 365 g/mol. The smallest absolute Gasteiger partial charge is 0.299 e. The van der Waals surface area contributed by atoms with Gasteiger partial charge in [0.05, 0.1) is 6.61 Å². The van der Waals surface area contributed by atoms with E-state index in [1.807, 2.05) is 0 Å². The molecule has 1 atom stereocenters. The van der Waals surface area contributed by atoms with Crippen molar-refractivity contribution in [3.05, 3.63) is 12.7 Å². The maximum atomic E-state index is 13.7. The topological polar surface area (TPSA) is 69.4 Å². The highest BCUT2D eigenvalue weighted by Gasteiger charge is 2.25. The second-order valence-corrected chi connectivity index (χ2v) is 8.66. The third-order valence-electron chi connectivity index (χ3n) is 4.26. The molecule has 0 aromatic heterocycles. The van der Waals surface area contributed by atoms with Gasteiger partial charge in [-0.3, -0.25) is 4.18 Å². The molecule has 0 aliphatic heterocycles. The summed E-state index contributed by atoms with van der Waals surface area (Å²) in [5, 5.41) is 0. The van der Waals surface area contributed by atoms with E-state index in [9.17, 15) is 12.8 Å². The molecule has 0 radical (unpaired) electrons. The van der Waals surface area contributed by atoms with Gasteiger partial charge in [-0.1, -0.05) is 90.6 Å². The van der Waals surface area contributed by atoms with Gasteiger partial charge in [-0.25, -0.2) is 4.39 Å². The molecule has 0 saturated carbocycles. The van der Waals surface area contributed by atoms with Gasteiger partial charge < -0.3 is 5.73 Å². The zero-order chi connectivity index (χ0) is 20.8. The van der Waals surface area contributed by atoms with Crippen LogP contribution in [0.25, 0.3) is 0 Å². The molecule has 27 heavy (non-hydrogen) atoms. The lowest BCUT2D eigenvalue weighted by Gasteiger charge is -2.10. The Morgan fingerprint density at radius 2 is 1.30 bits per heavy atom. The summed E-state index contributed by atoms with van der Waals surface area (Å²) in [4.78, 5) is 0. The van der Waals surface area contributed by atoms with Crippen LogP contribution in [-0.4, -0.2) is 27.1 Å². The van der Waals surface area contributed by atoms with E-state index in [0.29, 0.717) is 19.4 Å². The number of rotatable bonds is 18. The molecule has 6 heteroatoms. The molecule has 0 rings (SSSR count). The van der Waals surface area contributed by atoms with Crippen molar-refractivity contribution >= 4 is 10.1 Å². The fourth-order valence-corrected chi connectivity index (χ4v) is 3.49. The van der Waals surface area contributed by atoms with Gasteiger partial charge in [0.1, 0.15) is 0 Å². The fourth-order valence-electron chi connectivity index (χ4n) is 2.54. The van der Waals surface area contributed by atoms with Crippen LogP contribution in [0.15, 0.2) is 12.7 Å². The molecule has 0 aromatic carbocycles. The Balaban J connectivity index is 0. The van der Waals surface area contributed by atoms with Gasteiger partial charge >= 0.3 is 0 Å². The highest BCUT2D eigenvalue weighted by Crippen LogP contribution is 2.16. The van der Waals surface area contributed by atoms with Gasteiger partial charge in [-0.15, -0.1) is 6.58 Å². The summed E-state index contributed by atoms with van der Waals surface area (Å²) in [5.41, 5.74) is 3.05. The molecule has 0 spiro atoms. The Morgan fingerprint density at radius 1 is 0.889 bits per heavy atom. The average Bonchev–Trinajstić information content (AvgIpc) is 2.66. The summed E-state index contributed by atoms with van der Waals surface area (Å²) < 4.78 is 41.7. The van der Waals surface area contributed by atoms with Crippen LogP contribution in [-0.2, 0) is 14.3 Å². The number of hydrogen-bond donors (Lipinski definition) is 1. The first-order valence-electron chi connectivity index (χ1n) is 10.8. The van der Waals surface area contributed by atoms with Crippen molar-refractivity contribution < 1.29 is 17.0 Å². The summed E-state index contributed by atoms with van der Waals surface area (Å²) >= 11 is 0. The molecular formula is C21H44FNO3S. The van der Waals surface area contributed by atoms with E-state index >= 15 is 0 Å². The summed E-state index contributed by atoms with van der Waals surface area (Å²) in [6, 6.07) is 0. The van der Waals surface area contributed by atoms with Gasteiger partial charge in [0.2, 0.25) is 5.50 Å². The summed E-state index contributed by atoms with van der Waals surface area (Å²) in [6.07, 6.45) is 15.6. The Morgan fingerprint density at radius 3 is 1.74 bits per heavy atom. The van der Waals surface area contributed by atoms with Crippen LogP contribution >= 0.6 is 0 Å². The summed E-state index contributed by atoms with van der Waals surface area (Å²) in [6.45, 7) is 8.33. The second kappa shape index (κ2) is 21.8. The molecule has 0 aliphatic carbocycles. The van der Waals surface area contributed by atoms with E-state index in [-0.39, 0.29) is 13.0 Å². The number of hydrogen-bond acceptors (Lipinski definition) is 4. The van der Waals surface area contributed by atoms with Crippen molar-refractivity contribution in [1.29, 1.82) is 0 Å². The van der Waals surface area contributed by atoms with Crippen LogP contribution in [0.3, 0.4) is 0 Å². The first-order chi connectivity index (χ1) is 13.0. The van der Waals surface area contributed by atoms with Gasteiger partial charge in [0.25, 0.3) is 10.1 Å². The van der Waals surface area contributed by atoms with Crippen LogP contribution in [0.2, 0.25) is 0 Å². The maximum absolute atomic E-state index is 13.7. The lowest BCUT2D eigenvalue weighted by Crippen LogP contribution is -2.19. The molecule has 0 saturated heterocycles. The normalized spacial score (nSPS) is 12.3. The molecule has 0 bridgehead atoms. The second-order valence-electron chi connectivity index (χ2n) is 6.93. The molecule has 0 heterocycles. The third kappa shape index (κ3) is 21.7. The van der Waals surface area contributed by atoms with Gasteiger partial charge in [-0.05, 0) is 19.3 Å². The maximum Gasteiger partial charge on any atom is 0.299 e. The number of halogens is 1. The minimum absolute atomic E-state index is 0.0556. The van der Waals surface area contributed by atoms with E-state index in [1.165, 1.54) is 38.5 Å². The van der Waals surface area contributed by atoms with Crippen molar-refractivity contribution in [1.82, 2.24) is 0 Å². The minimum atomic E-state index is -4.02. The van der Waals surface area contributed by atoms with E-state index in [4.69, 9.17) is 9.92 Å². The molecule has 164 valence electrons. The average molecular weight is 410 g/mol. The molecule has 1 unspecified atom stereocenters. The van der Waals surface area contributed by atoms with Crippen LogP contribution in [0.5, 0.6) is 0 Å². The third-order valence-corrected chi connectivity index (χ3v) is 5.62. The van der Waals surface area contributed by atoms with E-state index < -0.39 is 15.6 Å². The monoisotopic (exact) mass is 409 g/mol. The molecule has 2 N–H and O–H groups in total. The van der Waals surface area contributed by atoms with Crippen LogP contribution in [0.4, 0.5) is 4.39 Å². The van der Waals surface area contributed by atoms with Crippen LogP contribution in [0.1, 0.15) is 104 Å². The standard InChI is InChI=1S/C18H37FO3S.C3H7N/c1-3-5-7-9-10-11-12-13-15-17-22-23(20,21)18(19)16-14-8-6-4-2;1-2-3-4/h18H,3-17H2,1-2H3;2H,1,3-4H2. The Hall–Kier alpha value is -0.460. The van der Waals surface area contributed by atoms with Crippen LogP contribution < -0.4 is 5.73 Å². The number of nitrogens with two attached hydrogens (primary N) is 1. The van der Waals surface area contributed by atoms with Crippen molar-refractivity contribution in [2.45, 2.75) is 109 Å². The first-order valence-corrected chi connectivity index (χ1v) is 12.3. The fraction of sp³-hybridized carbons (Fsp3) is 0.905. The van der Waals surface area contributed by atoms with Gasteiger partial charge in [0.15, 0.2) is 0 Å². The highest BCUT2D eigenvalue weighted by molar-refractivity contribution is 7.87. The zero-order valence-electron chi connectivity index (χ0n) is 17.8. The predicted molar refractivity (Wildman–Crippen MR) is 115 cm³/mol. The van der Waals surface area contributed by atoms with Gasteiger partial charge in [-0.2, -0.15) is 8.42 Å². The Labute approximate surface area is 168 Å². The van der Waals surface area contributed by atoms with Crippen molar-refractivity contribution in [2.24, 2.45) is 5.73 Å². The van der Waals surface area contributed by atoms with E-state index in [0.717, 1.165) is 32.1 Å². The molecule has 0 amide bonds. The molecule has 0 aromatic rings. The summed E-state index contributed by atoms with van der Waals surface area (Å²) in [5.74, 6) is 0. The molecule has 0 fully saturated rings. The highest BCUT2D eigenvalue weighted by atomic mass is 32.2. The van der Waals surface area contributed by atoms with Crippen LogP contribution in [0, 0.1) is 0 Å². The zero-order valence-corrected chi connectivity index (χ0v) is 18.6. The van der Waals surface area contributed by atoms with Crippen molar-refractivity contribution in [3.63, 3.8) is 0 Å². The molecule has 4 nitrogen and oxygen atoms in total. The minimum Gasteiger partial charge on any atom is -0.327 e. The van der Waals surface area contributed by atoms with E-state index in [1.54, 1.807) is 6.08 Å². The van der Waals surface area contributed by atoms with E-state index in [2.05, 4.69) is 20.4 Å². The predicted octanol–water partition coefficient (Wildman–Crippen LogP) is 6.26. The Bertz CT molecular complexity index is 402. The number of alkyl halides is 1.